The molecule has 0 aromatic rings. The highest BCUT2D eigenvalue weighted by molar-refractivity contribution is 8.00. The van der Waals surface area contributed by atoms with E-state index in [9.17, 15) is 14.7 Å². The number of aliphatic carboxylic acids is 1. The van der Waals surface area contributed by atoms with Crippen LogP contribution in [0, 0.1) is 11.8 Å². The van der Waals surface area contributed by atoms with E-state index in [1.165, 1.54) is 11.8 Å². The molecule has 102 valence electrons. The summed E-state index contributed by atoms with van der Waals surface area (Å²) in [5.74, 6) is -0.365. The number of carbonyl (C=O) groups is 2. The number of thioether (sulfide) groups is 1. The molecule has 0 aromatic heterocycles. The zero-order valence-corrected chi connectivity index (χ0v) is 11.5. The van der Waals surface area contributed by atoms with Gasteiger partial charge in [0.15, 0.2) is 0 Å². The van der Waals surface area contributed by atoms with Crippen molar-refractivity contribution in [2.45, 2.75) is 31.7 Å². The first-order valence-electron chi connectivity index (χ1n) is 6.26. The average molecular weight is 273 g/mol. The molecule has 2 fully saturated rings. The van der Waals surface area contributed by atoms with Gasteiger partial charge in [0.2, 0.25) is 5.91 Å². The second-order valence-electron chi connectivity index (χ2n) is 4.98. The number of carboxylic acid groups (broad SMARTS) is 1. The summed E-state index contributed by atoms with van der Waals surface area (Å²) >= 11 is 1.53. The number of carboxylic acids is 1. The van der Waals surface area contributed by atoms with E-state index in [0.29, 0.717) is 25.4 Å². The second-order valence-corrected chi connectivity index (χ2v) is 6.33. The molecule has 1 N–H and O–H groups in total. The van der Waals surface area contributed by atoms with Crippen molar-refractivity contribution in [3.05, 3.63) is 0 Å². The fourth-order valence-electron chi connectivity index (χ4n) is 2.61. The largest absolute Gasteiger partial charge is 0.480 e. The Morgan fingerprint density at radius 3 is 2.72 bits per heavy atom. The highest BCUT2D eigenvalue weighted by atomic mass is 32.2. The lowest BCUT2D eigenvalue weighted by Gasteiger charge is -2.34. The lowest BCUT2D eigenvalue weighted by Crippen LogP contribution is -2.49. The smallest absolute Gasteiger partial charge is 0.327 e. The standard InChI is InChI=1S/C12H19NO4S/c1-7-5-17-4-3-9(7)11(14)13-8(2)18-6-10(13)12(15)16/h7-10H,3-6H2,1-2H3,(H,15,16). The fraction of sp³-hybridized carbons (Fsp3) is 0.833. The maximum atomic E-state index is 12.5. The summed E-state index contributed by atoms with van der Waals surface area (Å²) in [5.41, 5.74) is 0. The van der Waals surface area contributed by atoms with E-state index in [1.807, 2.05) is 13.8 Å². The molecule has 0 aromatic carbocycles. The van der Waals surface area contributed by atoms with Crippen LogP contribution in [0.1, 0.15) is 20.3 Å². The summed E-state index contributed by atoms with van der Waals surface area (Å²) in [7, 11) is 0. The molecule has 2 rings (SSSR count). The molecule has 0 radical (unpaired) electrons. The Morgan fingerprint density at radius 1 is 1.39 bits per heavy atom. The van der Waals surface area contributed by atoms with Gasteiger partial charge in [0.05, 0.1) is 5.37 Å². The van der Waals surface area contributed by atoms with Crippen molar-refractivity contribution >= 4 is 23.6 Å². The van der Waals surface area contributed by atoms with Crippen molar-refractivity contribution in [3.63, 3.8) is 0 Å². The van der Waals surface area contributed by atoms with Crippen molar-refractivity contribution in [1.29, 1.82) is 0 Å². The normalized spacial score (nSPS) is 36.7. The van der Waals surface area contributed by atoms with Gasteiger partial charge < -0.3 is 14.7 Å². The molecule has 4 unspecified atom stereocenters. The van der Waals surface area contributed by atoms with Crippen LogP contribution in [-0.2, 0) is 14.3 Å². The van der Waals surface area contributed by atoms with Gasteiger partial charge in [-0.25, -0.2) is 4.79 Å². The zero-order chi connectivity index (χ0) is 13.3. The van der Waals surface area contributed by atoms with Crippen LogP contribution >= 0.6 is 11.8 Å². The molecule has 0 bridgehead atoms. The van der Waals surface area contributed by atoms with E-state index in [-0.39, 0.29) is 23.1 Å². The van der Waals surface area contributed by atoms with Gasteiger partial charge in [-0.05, 0) is 19.3 Å². The predicted octanol–water partition coefficient (Wildman–Crippen LogP) is 1.03. The Morgan fingerprint density at radius 2 is 2.11 bits per heavy atom. The summed E-state index contributed by atoms with van der Waals surface area (Å²) in [4.78, 5) is 25.3. The van der Waals surface area contributed by atoms with Gasteiger partial charge in [-0.1, -0.05) is 6.92 Å². The first kappa shape index (κ1) is 13.7. The summed E-state index contributed by atoms with van der Waals surface area (Å²) in [6, 6.07) is -0.674. The Hall–Kier alpha value is -0.750. The van der Waals surface area contributed by atoms with Gasteiger partial charge in [0.1, 0.15) is 6.04 Å². The van der Waals surface area contributed by atoms with Gasteiger partial charge in [-0.3, -0.25) is 4.79 Å². The molecular weight excluding hydrogens is 254 g/mol. The number of rotatable bonds is 2. The molecule has 0 aliphatic carbocycles. The molecule has 18 heavy (non-hydrogen) atoms. The van der Waals surface area contributed by atoms with E-state index >= 15 is 0 Å². The molecule has 0 spiro atoms. The number of ether oxygens (including phenoxy) is 1. The van der Waals surface area contributed by atoms with E-state index in [4.69, 9.17) is 4.74 Å². The minimum absolute atomic E-state index is 0.0179. The van der Waals surface area contributed by atoms with Crippen LogP contribution in [0.15, 0.2) is 0 Å². The Balaban J connectivity index is 2.13. The van der Waals surface area contributed by atoms with Crippen LogP contribution in [0.2, 0.25) is 0 Å². The Kier molecular flexibility index (Phi) is 4.17. The molecule has 2 aliphatic rings. The predicted molar refractivity (Wildman–Crippen MR) is 68.3 cm³/mol. The molecule has 2 aliphatic heterocycles. The van der Waals surface area contributed by atoms with Crippen LogP contribution in [-0.4, -0.2) is 52.3 Å². The maximum Gasteiger partial charge on any atom is 0.327 e. The summed E-state index contributed by atoms with van der Waals surface area (Å²) in [5, 5.41) is 9.14. The molecule has 0 saturated carbocycles. The monoisotopic (exact) mass is 273 g/mol. The number of hydrogen-bond acceptors (Lipinski definition) is 4. The molecule has 2 heterocycles. The van der Waals surface area contributed by atoms with Gasteiger partial charge in [-0.2, -0.15) is 0 Å². The highest BCUT2D eigenvalue weighted by Gasteiger charge is 2.43. The quantitative estimate of drug-likeness (QED) is 0.814. The molecule has 4 atom stereocenters. The van der Waals surface area contributed by atoms with Crippen LogP contribution in [0.25, 0.3) is 0 Å². The van der Waals surface area contributed by atoms with Crippen LogP contribution in [0.5, 0.6) is 0 Å². The lowest BCUT2D eigenvalue weighted by atomic mass is 9.88. The first-order valence-corrected chi connectivity index (χ1v) is 7.31. The summed E-state index contributed by atoms with van der Waals surface area (Å²) < 4.78 is 5.33. The summed E-state index contributed by atoms with van der Waals surface area (Å²) in [6.07, 6.45) is 0.695. The molecule has 6 heteroatoms. The van der Waals surface area contributed by atoms with Gasteiger partial charge in [-0.15, -0.1) is 11.8 Å². The number of amides is 1. The first-order chi connectivity index (χ1) is 8.52. The third kappa shape index (κ3) is 2.49. The SMILES string of the molecule is CC1COCCC1C(=O)N1C(C)SCC1C(=O)O. The van der Waals surface area contributed by atoms with Crippen LogP contribution in [0.4, 0.5) is 0 Å². The lowest BCUT2D eigenvalue weighted by molar-refractivity contribution is -0.153. The van der Waals surface area contributed by atoms with E-state index in [2.05, 4.69) is 0 Å². The highest BCUT2D eigenvalue weighted by Crippen LogP contribution is 2.33. The second kappa shape index (κ2) is 5.48. The number of carbonyl (C=O) groups excluding carboxylic acids is 1. The maximum absolute atomic E-state index is 12.5. The van der Waals surface area contributed by atoms with Gasteiger partial charge in [0, 0.05) is 24.9 Å². The number of hydrogen-bond donors (Lipinski definition) is 1. The summed E-state index contributed by atoms with van der Waals surface area (Å²) in [6.45, 7) is 5.07. The van der Waals surface area contributed by atoms with E-state index < -0.39 is 12.0 Å². The molecular formula is C12H19NO4S. The van der Waals surface area contributed by atoms with Crippen molar-refractivity contribution in [2.75, 3.05) is 19.0 Å². The molecule has 5 nitrogen and oxygen atoms in total. The van der Waals surface area contributed by atoms with Crippen molar-refractivity contribution in [1.82, 2.24) is 4.90 Å². The van der Waals surface area contributed by atoms with Crippen LogP contribution < -0.4 is 0 Å². The molecule has 1 amide bonds. The van der Waals surface area contributed by atoms with Crippen molar-refractivity contribution < 1.29 is 19.4 Å². The third-order valence-electron chi connectivity index (χ3n) is 3.72. The Labute approximate surface area is 111 Å². The zero-order valence-electron chi connectivity index (χ0n) is 10.7. The van der Waals surface area contributed by atoms with Gasteiger partial charge >= 0.3 is 5.97 Å². The number of nitrogens with zero attached hydrogens (tertiary/aromatic N) is 1. The van der Waals surface area contributed by atoms with E-state index in [0.717, 1.165) is 0 Å². The van der Waals surface area contributed by atoms with Crippen molar-refractivity contribution in [2.24, 2.45) is 11.8 Å². The van der Waals surface area contributed by atoms with Gasteiger partial charge in [0.25, 0.3) is 0 Å². The van der Waals surface area contributed by atoms with Crippen LogP contribution in [0.3, 0.4) is 0 Å². The Bertz CT molecular complexity index is 349. The topological polar surface area (TPSA) is 66.8 Å². The third-order valence-corrected chi connectivity index (χ3v) is 4.94. The molecule has 2 saturated heterocycles. The van der Waals surface area contributed by atoms with E-state index in [1.54, 1.807) is 4.90 Å². The van der Waals surface area contributed by atoms with Crippen molar-refractivity contribution in [3.8, 4) is 0 Å². The minimum Gasteiger partial charge on any atom is -0.480 e. The minimum atomic E-state index is -0.903. The fourth-order valence-corrected chi connectivity index (χ4v) is 3.78. The average Bonchev–Trinajstić information content (AvgIpc) is 2.71.